The Balaban J connectivity index is 1.33. The highest BCUT2D eigenvalue weighted by Gasteiger charge is 2.45. The molecule has 1 aliphatic rings. The largest absolute Gasteiger partial charge is 0.464 e. The Hall–Kier alpha value is -2.38. The van der Waals surface area contributed by atoms with Gasteiger partial charge in [0.05, 0.1) is 18.8 Å². The van der Waals surface area contributed by atoms with Gasteiger partial charge in [-0.2, -0.15) is 0 Å². The van der Waals surface area contributed by atoms with Crippen LogP contribution in [0.15, 0.2) is 54.6 Å². The highest BCUT2D eigenvalue weighted by molar-refractivity contribution is 7.91. The van der Waals surface area contributed by atoms with E-state index in [-0.39, 0.29) is 31.2 Å². The lowest BCUT2D eigenvalue weighted by atomic mass is 10.1. The third-order valence-electron chi connectivity index (χ3n) is 5.48. The smallest absolute Gasteiger partial charge is 0.325 e. The van der Waals surface area contributed by atoms with Crippen LogP contribution in [-0.4, -0.2) is 43.7 Å². The molecular weight excluding hydrogens is 450 g/mol. The highest BCUT2D eigenvalue weighted by Crippen LogP contribution is 2.27. The number of hydrogen-bond acceptors (Lipinski definition) is 5. The number of β-lactam (4-membered cyclic amide) rings is 1. The Morgan fingerprint density at radius 1 is 0.969 bits per heavy atom. The number of rotatable bonds is 12. The number of unbranched alkanes of at least 4 members (excludes halogenated alkanes) is 3. The Kier molecular flexibility index (Phi) is 8.70. The molecule has 1 saturated heterocycles. The first-order valence-electron chi connectivity index (χ1n) is 10.8. The summed E-state index contributed by atoms with van der Waals surface area (Å²) in [5.74, 6) is -1.07. The van der Waals surface area contributed by atoms with Crippen molar-refractivity contribution >= 4 is 33.3 Å². The number of benzene rings is 2. The average Bonchev–Trinajstić information content (AvgIpc) is 2.76. The summed E-state index contributed by atoms with van der Waals surface area (Å²) in [6.45, 7) is -0.0582. The second-order valence-electron chi connectivity index (χ2n) is 7.98. The van der Waals surface area contributed by atoms with Gasteiger partial charge in [0.25, 0.3) is 0 Å². The Morgan fingerprint density at radius 3 is 2.34 bits per heavy atom. The number of aryl methyl sites for hydroxylation is 1. The molecule has 1 heterocycles. The maximum absolute atomic E-state index is 12.6. The van der Waals surface area contributed by atoms with Crippen molar-refractivity contribution in [3.05, 3.63) is 70.7 Å². The zero-order valence-electron chi connectivity index (χ0n) is 17.9. The molecular formula is C24H28ClNO5S. The van der Waals surface area contributed by atoms with Gasteiger partial charge in [-0.1, -0.05) is 66.9 Å². The summed E-state index contributed by atoms with van der Waals surface area (Å²) >= 11 is 5.88. The zero-order valence-corrected chi connectivity index (χ0v) is 19.5. The van der Waals surface area contributed by atoms with Gasteiger partial charge in [0.2, 0.25) is 5.91 Å². The molecule has 0 saturated carbocycles. The first kappa shape index (κ1) is 24.3. The van der Waals surface area contributed by atoms with E-state index in [9.17, 15) is 18.0 Å². The van der Waals surface area contributed by atoms with Crippen molar-refractivity contribution in [2.75, 3.05) is 13.2 Å². The lowest BCUT2D eigenvalue weighted by molar-refractivity contribution is -0.155. The molecule has 1 aliphatic heterocycles. The van der Waals surface area contributed by atoms with Crippen molar-refractivity contribution in [1.82, 2.24) is 4.90 Å². The third kappa shape index (κ3) is 7.07. The lowest BCUT2D eigenvalue weighted by Gasteiger charge is -2.38. The van der Waals surface area contributed by atoms with Gasteiger partial charge in [0.1, 0.15) is 11.9 Å². The van der Waals surface area contributed by atoms with Crippen molar-refractivity contribution in [3.8, 4) is 0 Å². The zero-order chi connectivity index (χ0) is 23.0. The number of ether oxygens (including phenoxy) is 1. The molecule has 0 spiro atoms. The van der Waals surface area contributed by atoms with E-state index in [4.69, 9.17) is 16.3 Å². The van der Waals surface area contributed by atoms with Gasteiger partial charge in [-0.15, -0.1) is 0 Å². The predicted molar refractivity (Wildman–Crippen MR) is 124 cm³/mol. The van der Waals surface area contributed by atoms with E-state index in [2.05, 4.69) is 0 Å². The van der Waals surface area contributed by atoms with E-state index in [1.54, 1.807) is 24.3 Å². The second kappa shape index (κ2) is 11.5. The summed E-state index contributed by atoms with van der Waals surface area (Å²) in [5, 5.41) is -0.230. The number of esters is 1. The molecule has 172 valence electrons. The fourth-order valence-corrected chi connectivity index (χ4v) is 5.60. The van der Waals surface area contributed by atoms with Crippen LogP contribution in [0.2, 0.25) is 5.02 Å². The van der Waals surface area contributed by atoms with Crippen molar-refractivity contribution in [1.29, 1.82) is 0 Å². The molecule has 8 heteroatoms. The Labute approximate surface area is 194 Å². The molecule has 0 N–H and O–H groups in total. The minimum atomic E-state index is -3.58. The number of carbonyl (C=O) groups excluding carboxylic acids is 2. The van der Waals surface area contributed by atoms with Crippen LogP contribution >= 0.6 is 11.6 Å². The maximum atomic E-state index is 12.6. The third-order valence-corrected chi connectivity index (χ3v) is 7.72. The van der Waals surface area contributed by atoms with Gasteiger partial charge in [-0.25, -0.2) is 8.42 Å². The summed E-state index contributed by atoms with van der Waals surface area (Å²) in [6.07, 6.45) is 4.61. The monoisotopic (exact) mass is 477 g/mol. The van der Waals surface area contributed by atoms with E-state index in [0.29, 0.717) is 5.56 Å². The van der Waals surface area contributed by atoms with Crippen molar-refractivity contribution < 1.29 is 22.7 Å². The Bertz CT molecular complexity index is 1010. The minimum absolute atomic E-state index is 0.0872. The average molecular weight is 478 g/mol. The number of hydrogen-bond donors (Lipinski definition) is 0. The van der Waals surface area contributed by atoms with E-state index in [1.807, 2.05) is 30.3 Å². The number of sulfone groups is 1. The minimum Gasteiger partial charge on any atom is -0.464 e. The number of likely N-dealkylation sites (tertiary alicyclic amines) is 1. The van der Waals surface area contributed by atoms with Crippen LogP contribution in [0.3, 0.4) is 0 Å². The first-order valence-corrected chi connectivity index (χ1v) is 12.9. The summed E-state index contributed by atoms with van der Waals surface area (Å²) in [5.41, 5.74) is 1.90. The molecule has 2 aromatic carbocycles. The van der Waals surface area contributed by atoms with Crippen LogP contribution in [-0.2, 0) is 36.3 Å². The molecule has 2 aromatic rings. The van der Waals surface area contributed by atoms with E-state index in [0.717, 1.165) is 42.0 Å². The fraction of sp³-hybridized carbons (Fsp3) is 0.417. The topological polar surface area (TPSA) is 80.8 Å². The van der Waals surface area contributed by atoms with Gasteiger partial charge in [0, 0.05) is 5.02 Å². The van der Waals surface area contributed by atoms with Crippen molar-refractivity contribution in [2.45, 2.75) is 49.7 Å². The van der Waals surface area contributed by atoms with Gasteiger partial charge in [-0.3, -0.25) is 9.59 Å². The molecule has 1 atom stereocenters. The molecule has 0 aliphatic carbocycles. The standard InChI is InChI=1S/C24H28ClNO5S/c25-21-13-11-19(12-14-21)8-4-1-2-7-15-31-24(28)17-26-22(27)16-23(26)32(29,30)18-20-9-5-3-6-10-20/h3,5-6,9-14,23H,1-2,4,7-8,15-18H2. The normalized spacial score (nSPS) is 16.0. The molecule has 0 radical (unpaired) electrons. The van der Waals surface area contributed by atoms with Gasteiger partial charge >= 0.3 is 5.97 Å². The molecule has 1 amide bonds. The highest BCUT2D eigenvalue weighted by atomic mass is 35.5. The van der Waals surface area contributed by atoms with E-state index >= 15 is 0 Å². The molecule has 0 aromatic heterocycles. The predicted octanol–water partition coefficient (Wildman–Crippen LogP) is 4.16. The lowest BCUT2D eigenvalue weighted by Crippen LogP contribution is -2.58. The van der Waals surface area contributed by atoms with Gasteiger partial charge in [-0.05, 0) is 42.5 Å². The quantitative estimate of drug-likeness (QED) is 0.260. The van der Waals surface area contributed by atoms with Crippen LogP contribution in [0.1, 0.15) is 43.2 Å². The summed E-state index contributed by atoms with van der Waals surface area (Å²) < 4.78 is 30.5. The van der Waals surface area contributed by atoms with Crippen molar-refractivity contribution in [2.24, 2.45) is 0 Å². The second-order valence-corrected chi connectivity index (χ2v) is 10.6. The fourth-order valence-electron chi connectivity index (χ4n) is 3.65. The molecule has 1 unspecified atom stereocenters. The van der Waals surface area contributed by atoms with Crippen molar-refractivity contribution in [3.63, 3.8) is 0 Å². The van der Waals surface area contributed by atoms with Crippen LogP contribution in [0.25, 0.3) is 0 Å². The molecule has 0 bridgehead atoms. The molecule has 3 rings (SSSR count). The van der Waals surface area contributed by atoms with Crippen LogP contribution in [0.5, 0.6) is 0 Å². The number of halogens is 1. The van der Waals surface area contributed by atoms with E-state index in [1.165, 1.54) is 5.56 Å². The van der Waals surface area contributed by atoms with Crippen LogP contribution in [0, 0.1) is 0 Å². The molecule has 1 fully saturated rings. The van der Waals surface area contributed by atoms with Gasteiger partial charge < -0.3 is 9.64 Å². The first-order chi connectivity index (χ1) is 15.3. The Morgan fingerprint density at radius 2 is 1.66 bits per heavy atom. The van der Waals surface area contributed by atoms with Crippen LogP contribution in [0.4, 0.5) is 0 Å². The van der Waals surface area contributed by atoms with Crippen LogP contribution < -0.4 is 0 Å². The SMILES string of the molecule is O=C(CN1C(=O)CC1S(=O)(=O)Cc1ccccc1)OCCCCCCc1ccc(Cl)cc1. The number of nitrogens with zero attached hydrogens (tertiary/aromatic N) is 1. The summed E-state index contributed by atoms with van der Waals surface area (Å²) in [6, 6.07) is 16.6. The molecule has 6 nitrogen and oxygen atoms in total. The number of carbonyl (C=O) groups is 2. The molecule has 32 heavy (non-hydrogen) atoms. The summed E-state index contributed by atoms with van der Waals surface area (Å²) in [7, 11) is -3.58. The van der Waals surface area contributed by atoms with Gasteiger partial charge in [0.15, 0.2) is 9.84 Å². The number of amides is 1. The maximum Gasteiger partial charge on any atom is 0.325 e. The van der Waals surface area contributed by atoms with E-state index < -0.39 is 21.2 Å². The summed E-state index contributed by atoms with van der Waals surface area (Å²) in [4.78, 5) is 25.1.